The van der Waals surface area contributed by atoms with Crippen LogP contribution in [0, 0.1) is 6.92 Å². The third kappa shape index (κ3) is 2.68. The Morgan fingerprint density at radius 1 is 1.41 bits per heavy atom. The first-order valence-corrected chi connectivity index (χ1v) is 8.50. The first-order valence-electron chi connectivity index (χ1n) is 6.89. The van der Waals surface area contributed by atoms with E-state index in [1.165, 1.54) is 11.3 Å². The van der Waals surface area contributed by atoms with Gasteiger partial charge in [-0.15, -0.1) is 11.3 Å². The van der Waals surface area contributed by atoms with E-state index in [1.807, 2.05) is 56.0 Å². The molecule has 0 aliphatic carbocycles. The Hall–Kier alpha value is -1.66. The van der Waals surface area contributed by atoms with Crippen molar-refractivity contribution >= 4 is 43.4 Å². The van der Waals surface area contributed by atoms with E-state index in [0.29, 0.717) is 6.54 Å². The van der Waals surface area contributed by atoms with E-state index in [9.17, 15) is 4.79 Å². The average Bonchev–Trinajstić information content (AvgIpc) is 3.03. The topological polar surface area (TPSA) is 38.1 Å². The summed E-state index contributed by atoms with van der Waals surface area (Å²) in [5.41, 5.74) is 2.05. The fourth-order valence-electron chi connectivity index (χ4n) is 2.45. The lowest BCUT2D eigenvalue weighted by Gasteiger charge is -2.17. The zero-order valence-corrected chi connectivity index (χ0v) is 15.0. The van der Waals surface area contributed by atoms with Crippen LogP contribution in [0.3, 0.4) is 0 Å². The molecule has 1 aromatic carbocycles. The molecule has 0 saturated carbocycles. The molecule has 0 bridgehead atoms. The highest BCUT2D eigenvalue weighted by atomic mass is 79.9. The number of amides is 1. The number of carbonyl (C=O) groups is 1. The first-order chi connectivity index (χ1) is 10.5. The maximum Gasteiger partial charge on any atom is 0.264 e. The first kappa shape index (κ1) is 15.2. The maximum atomic E-state index is 12.6. The van der Waals surface area contributed by atoms with Gasteiger partial charge in [-0.05, 0) is 24.6 Å². The van der Waals surface area contributed by atoms with Crippen molar-refractivity contribution in [3.8, 4) is 0 Å². The molecule has 3 aromatic rings. The lowest BCUT2D eigenvalue weighted by Crippen LogP contribution is -2.25. The van der Waals surface area contributed by atoms with Crippen LogP contribution < -0.4 is 0 Å². The number of aromatic nitrogens is 2. The molecule has 0 atom stereocenters. The summed E-state index contributed by atoms with van der Waals surface area (Å²) in [6.45, 7) is 2.54. The summed E-state index contributed by atoms with van der Waals surface area (Å²) in [4.78, 5) is 16.2. The third-order valence-corrected chi connectivity index (χ3v) is 5.58. The van der Waals surface area contributed by atoms with Gasteiger partial charge in [0.15, 0.2) is 0 Å². The Kier molecular flexibility index (Phi) is 4.06. The van der Waals surface area contributed by atoms with Crippen LogP contribution in [0.25, 0.3) is 10.2 Å². The smallest absolute Gasteiger partial charge is 0.264 e. The third-order valence-electron chi connectivity index (χ3n) is 3.62. The van der Waals surface area contributed by atoms with Crippen molar-refractivity contribution in [2.45, 2.75) is 13.5 Å². The lowest BCUT2D eigenvalue weighted by molar-refractivity contribution is 0.0789. The molecule has 22 heavy (non-hydrogen) atoms. The zero-order chi connectivity index (χ0) is 15.9. The number of fused-ring (bicyclic) bond motifs is 1. The van der Waals surface area contributed by atoms with Gasteiger partial charge in [-0.3, -0.25) is 9.48 Å². The van der Waals surface area contributed by atoms with Gasteiger partial charge in [0.25, 0.3) is 5.91 Å². The molecule has 0 radical (unpaired) electrons. The van der Waals surface area contributed by atoms with E-state index in [0.717, 1.165) is 30.8 Å². The molecule has 6 heteroatoms. The van der Waals surface area contributed by atoms with Gasteiger partial charge in [0, 0.05) is 30.5 Å². The van der Waals surface area contributed by atoms with Gasteiger partial charge >= 0.3 is 0 Å². The maximum absolute atomic E-state index is 12.6. The van der Waals surface area contributed by atoms with Crippen LogP contribution in [-0.2, 0) is 13.6 Å². The number of thiophene rings is 1. The molecule has 4 nitrogen and oxygen atoms in total. The molecule has 0 saturated heterocycles. The number of carbonyl (C=O) groups excluding carboxylic acids is 1. The number of rotatable bonds is 3. The molecule has 3 rings (SSSR count). The van der Waals surface area contributed by atoms with Gasteiger partial charge in [-0.2, -0.15) is 5.10 Å². The normalized spacial score (nSPS) is 11.1. The highest BCUT2D eigenvalue weighted by molar-refractivity contribution is 9.10. The van der Waals surface area contributed by atoms with Crippen molar-refractivity contribution in [1.82, 2.24) is 14.7 Å². The summed E-state index contributed by atoms with van der Waals surface area (Å²) in [6.07, 6.45) is 0. The van der Waals surface area contributed by atoms with Crippen molar-refractivity contribution in [1.29, 1.82) is 0 Å². The average molecular weight is 378 g/mol. The van der Waals surface area contributed by atoms with Crippen molar-refractivity contribution in [3.63, 3.8) is 0 Å². The fourth-order valence-corrected chi connectivity index (χ4v) is 3.98. The molecule has 2 heterocycles. The molecule has 1 amide bonds. The predicted molar refractivity (Wildman–Crippen MR) is 93.3 cm³/mol. The summed E-state index contributed by atoms with van der Waals surface area (Å²) in [5, 5.41) is 5.43. The van der Waals surface area contributed by atoms with Crippen molar-refractivity contribution < 1.29 is 4.79 Å². The van der Waals surface area contributed by atoms with E-state index in [4.69, 9.17) is 0 Å². The van der Waals surface area contributed by atoms with E-state index in [2.05, 4.69) is 21.0 Å². The standard InChI is InChI=1S/C16H16BrN3OS/c1-10-12-8-14(22-16(12)20(3)18-10)15(21)19(2)9-11-6-4-5-7-13(11)17/h4-8H,9H2,1-3H3. The zero-order valence-electron chi connectivity index (χ0n) is 12.6. The SMILES string of the molecule is Cc1nn(C)c2sc(C(=O)N(C)Cc3ccccc3Br)cc12. The Labute approximate surface area is 141 Å². The predicted octanol–water partition coefficient (Wildman–Crippen LogP) is 3.98. The summed E-state index contributed by atoms with van der Waals surface area (Å²) in [7, 11) is 3.74. The summed E-state index contributed by atoms with van der Waals surface area (Å²) in [6, 6.07) is 9.90. The Morgan fingerprint density at radius 3 is 2.82 bits per heavy atom. The van der Waals surface area contributed by atoms with E-state index in [-0.39, 0.29) is 5.91 Å². The molecule has 2 aromatic heterocycles. The number of aryl methyl sites for hydroxylation is 2. The van der Waals surface area contributed by atoms with Crippen LogP contribution in [-0.4, -0.2) is 27.6 Å². The second-order valence-electron chi connectivity index (χ2n) is 5.29. The highest BCUT2D eigenvalue weighted by Crippen LogP contribution is 2.29. The van der Waals surface area contributed by atoms with Gasteiger partial charge in [-0.25, -0.2) is 0 Å². The minimum absolute atomic E-state index is 0.0383. The van der Waals surface area contributed by atoms with Crippen molar-refractivity contribution in [3.05, 3.63) is 50.9 Å². The molecule has 0 fully saturated rings. The monoisotopic (exact) mass is 377 g/mol. The van der Waals surface area contributed by atoms with E-state index < -0.39 is 0 Å². The van der Waals surface area contributed by atoms with Crippen LogP contribution in [0.5, 0.6) is 0 Å². The summed E-state index contributed by atoms with van der Waals surface area (Å²) >= 11 is 5.02. The van der Waals surface area contributed by atoms with E-state index in [1.54, 1.807) is 4.90 Å². The fraction of sp³-hybridized carbons (Fsp3) is 0.250. The van der Waals surface area contributed by atoms with Crippen LogP contribution in [0.4, 0.5) is 0 Å². The molecule has 114 valence electrons. The van der Waals surface area contributed by atoms with Gasteiger partial charge in [0.1, 0.15) is 4.83 Å². The largest absolute Gasteiger partial charge is 0.337 e. The molecule has 0 aliphatic rings. The van der Waals surface area contributed by atoms with Crippen molar-refractivity contribution in [2.24, 2.45) is 7.05 Å². The molecule has 0 aliphatic heterocycles. The van der Waals surface area contributed by atoms with Gasteiger partial charge in [0.05, 0.1) is 10.6 Å². The molecular weight excluding hydrogens is 362 g/mol. The number of benzene rings is 1. The summed E-state index contributed by atoms with van der Waals surface area (Å²) < 4.78 is 2.85. The van der Waals surface area contributed by atoms with Gasteiger partial charge in [-0.1, -0.05) is 34.1 Å². The number of hydrogen-bond donors (Lipinski definition) is 0. The van der Waals surface area contributed by atoms with Crippen LogP contribution in [0.15, 0.2) is 34.8 Å². The highest BCUT2D eigenvalue weighted by Gasteiger charge is 2.18. The number of hydrogen-bond acceptors (Lipinski definition) is 3. The molecular formula is C16H16BrN3OS. The van der Waals surface area contributed by atoms with Crippen molar-refractivity contribution in [2.75, 3.05) is 7.05 Å². The van der Waals surface area contributed by atoms with Crippen LogP contribution >= 0.6 is 27.3 Å². The minimum atomic E-state index is 0.0383. The van der Waals surface area contributed by atoms with E-state index >= 15 is 0 Å². The Balaban J connectivity index is 1.85. The second-order valence-corrected chi connectivity index (χ2v) is 7.18. The van der Waals surface area contributed by atoms with Gasteiger partial charge in [0.2, 0.25) is 0 Å². The lowest BCUT2D eigenvalue weighted by atomic mass is 10.2. The molecule has 0 N–H and O–H groups in total. The van der Waals surface area contributed by atoms with Crippen LogP contribution in [0.1, 0.15) is 20.9 Å². The second kappa shape index (κ2) is 5.85. The van der Waals surface area contributed by atoms with Crippen LogP contribution in [0.2, 0.25) is 0 Å². The number of nitrogens with zero attached hydrogens (tertiary/aromatic N) is 3. The quantitative estimate of drug-likeness (QED) is 0.692. The minimum Gasteiger partial charge on any atom is -0.337 e. The Morgan fingerprint density at radius 2 is 2.14 bits per heavy atom. The molecule has 0 unspecified atom stereocenters. The van der Waals surface area contributed by atoms with Gasteiger partial charge < -0.3 is 4.90 Å². The Bertz CT molecular complexity index is 818. The summed E-state index contributed by atoms with van der Waals surface area (Å²) in [5.74, 6) is 0.0383. The molecule has 0 spiro atoms. The number of halogens is 1.